The molecule has 0 aliphatic rings. The summed E-state index contributed by atoms with van der Waals surface area (Å²) < 4.78 is 6.08. The molecule has 1 heterocycles. The Labute approximate surface area is 118 Å². The number of hydrogen-bond donors (Lipinski definition) is 1. The first-order valence-electron chi connectivity index (χ1n) is 6.66. The van der Waals surface area contributed by atoms with Crippen LogP contribution in [0.3, 0.4) is 0 Å². The van der Waals surface area contributed by atoms with Crippen molar-refractivity contribution in [2.24, 2.45) is 0 Å². The van der Waals surface area contributed by atoms with E-state index < -0.39 is 5.97 Å². The summed E-state index contributed by atoms with van der Waals surface area (Å²) in [5.74, 6) is -0.699. The lowest BCUT2D eigenvalue weighted by atomic mass is 10.0. The van der Waals surface area contributed by atoms with Crippen LogP contribution in [0.15, 0.2) is 0 Å². The van der Waals surface area contributed by atoms with Gasteiger partial charge in [0.15, 0.2) is 5.69 Å². The van der Waals surface area contributed by atoms with Crippen molar-refractivity contribution in [3.63, 3.8) is 0 Å². The summed E-state index contributed by atoms with van der Waals surface area (Å²) in [4.78, 5) is 23.5. The molecule has 1 aromatic rings. The first-order valence-corrected chi connectivity index (χ1v) is 6.66. The van der Waals surface area contributed by atoms with Crippen molar-refractivity contribution in [1.29, 1.82) is 0 Å². The highest BCUT2D eigenvalue weighted by Crippen LogP contribution is 2.10. The van der Waals surface area contributed by atoms with Crippen LogP contribution < -0.4 is 5.32 Å². The number of nitrogens with one attached hydrogen (secondary N) is 1. The second-order valence-electron chi connectivity index (χ2n) is 5.17. The van der Waals surface area contributed by atoms with Gasteiger partial charge < -0.3 is 10.1 Å². The molecule has 0 saturated heterocycles. The molecular formula is C13H22N4O3. The highest BCUT2D eigenvalue weighted by atomic mass is 16.5. The van der Waals surface area contributed by atoms with E-state index in [2.05, 4.69) is 20.4 Å². The third-order valence-electron chi connectivity index (χ3n) is 3.21. The van der Waals surface area contributed by atoms with Gasteiger partial charge in [-0.1, -0.05) is 19.1 Å². The molecule has 0 aliphatic carbocycles. The SMILES string of the molecule is CCc1c(C(=O)OC)nnn1CC(=O)NC(C)(C)CC. The molecule has 112 valence electrons. The Balaban J connectivity index is 2.86. The van der Waals surface area contributed by atoms with Gasteiger partial charge in [0.1, 0.15) is 6.54 Å². The number of hydrogen-bond acceptors (Lipinski definition) is 5. The molecule has 1 aromatic heterocycles. The molecular weight excluding hydrogens is 260 g/mol. The van der Waals surface area contributed by atoms with Crippen LogP contribution in [0, 0.1) is 0 Å². The van der Waals surface area contributed by atoms with E-state index in [0.29, 0.717) is 12.1 Å². The third-order valence-corrected chi connectivity index (χ3v) is 3.21. The van der Waals surface area contributed by atoms with Crippen molar-refractivity contribution in [2.75, 3.05) is 7.11 Å². The van der Waals surface area contributed by atoms with Gasteiger partial charge in [-0.05, 0) is 26.7 Å². The van der Waals surface area contributed by atoms with Crippen molar-refractivity contribution in [3.05, 3.63) is 11.4 Å². The summed E-state index contributed by atoms with van der Waals surface area (Å²) in [5.41, 5.74) is 0.494. The zero-order chi connectivity index (χ0) is 15.3. The standard InChI is InChI=1S/C13H22N4O3/c1-6-9-11(12(19)20-5)15-16-17(9)8-10(18)14-13(3,4)7-2/h6-8H2,1-5H3,(H,14,18). The number of esters is 1. The van der Waals surface area contributed by atoms with Crippen molar-refractivity contribution in [3.8, 4) is 0 Å². The van der Waals surface area contributed by atoms with E-state index in [4.69, 9.17) is 0 Å². The summed E-state index contributed by atoms with van der Waals surface area (Å²) in [6, 6.07) is 0. The Morgan fingerprint density at radius 3 is 2.50 bits per heavy atom. The fourth-order valence-electron chi connectivity index (χ4n) is 1.71. The van der Waals surface area contributed by atoms with Crippen molar-refractivity contribution in [1.82, 2.24) is 20.3 Å². The van der Waals surface area contributed by atoms with Crippen LogP contribution in [-0.4, -0.2) is 39.5 Å². The minimum atomic E-state index is -0.539. The van der Waals surface area contributed by atoms with Gasteiger partial charge in [-0.15, -0.1) is 5.10 Å². The molecule has 1 rings (SSSR count). The predicted octanol–water partition coefficient (Wildman–Crippen LogP) is 0.932. The number of nitrogens with zero attached hydrogens (tertiary/aromatic N) is 3. The molecule has 0 spiro atoms. The number of amides is 1. The molecule has 7 heteroatoms. The Kier molecular flexibility index (Phi) is 5.24. The van der Waals surface area contributed by atoms with Crippen LogP contribution in [-0.2, 0) is 22.5 Å². The molecule has 0 atom stereocenters. The van der Waals surface area contributed by atoms with Crippen molar-refractivity contribution >= 4 is 11.9 Å². The van der Waals surface area contributed by atoms with Gasteiger partial charge >= 0.3 is 5.97 Å². The molecule has 20 heavy (non-hydrogen) atoms. The fourth-order valence-corrected chi connectivity index (χ4v) is 1.71. The largest absolute Gasteiger partial charge is 0.464 e. The zero-order valence-corrected chi connectivity index (χ0v) is 12.7. The van der Waals surface area contributed by atoms with Crippen molar-refractivity contribution in [2.45, 2.75) is 52.6 Å². The number of carbonyl (C=O) groups excluding carboxylic acids is 2. The molecule has 0 saturated carbocycles. The molecule has 0 aromatic carbocycles. The first kappa shape index (κ1) is 16.1. The van der Waals surface area contributed by atoms with Crippen LogP contribution in [0.5, 0.6) is 0 Å². The van der Waals surface area contributed by atoms with Gasteiger partial charge in [0.2, 0.25) is 5.91 Å². The lowest BCUT2D eigenvalue weighted by Gasteiger charge is -2.24. The lowest BCUT2D eigenvalue weighted by Crippen LogP contribution is -2.44. The molecule has 0 unspecified atom stereocenters. The average molecular weight is 282 g/mol. The van der Waals surface area contributed by atoms with Gasteiger partial charge in [-0.3, -0.25) is 4.79 Å². The Morgan fingerprint density at radius 2 is 2.00 bits per heavy atom. The Bertz CT molecular complexity index is 494. The summed E-state index contributed by atoms with van der Waals surface area (Å²) in [7, 11) is 1.29. The van der Waals surface area contributed by atoms with Crippen LogP contribution in [0.25, 0.3) is 0 Å². The van der Waals surface area contributed by atoms with E-state index in [9.17, 15) is 9.59 Å². The van der Waals surface area contributed by atoms with Gasteiger partial charge in [-0.2, -0.15) is 0 Å². The van der Waals surface area contributed by atoms with E-state index >= 15 is 0 Å². The zero-order valence-electron chi connectivity index (χ0n) is 12.7. The van der Waals surface area contributed by atoms with Crippen molar-refractivity contribution < 1.29 is 14.3 Å². The van der Waals surface area contributed by atoms with E-state index in [1.807, 2.05) is 27.7 Å². The van der Waals surface area contributed by atoms with Gasteiger partial charge in [-0.25, -0.2) is 9.48 Å². The Hall–Kier alpha value is -1.92. The summed E-state index contributed by atoms with van der Waals surface area (Å²) >= 11 is 0. The molecule has 0 radical (unpaired) electrons. The number of methoxy groups -OCH3 is 1. The van der Waals surface area contributed by atoms with Crippen LogP contribution >= 0.6 is 0 Å². The molecule has 0 bridgehead atoms. The second kappa shape index (κ2) is 6.49. The normalized spacial score (nSPS) is 11.2. The van der Waals surface area contributed by atoms with E-state index in [1.54, 1.807) is 0 Å². The van der Waals surface area contributed by atoms with E-state index in [0.717, 1.165) is 6.42 Å². The third kappa shape index (κ3) is 3.79. The number of carbonyl (C=O) groups is 2. The molecule has 0 aliphatic heterocycles. The summed E-state index contributed by atoms with van der Waals surface area (Å²) in [5, 5.41) is 10.6. The van der Waals surface area contributed by atoms with Gasteiger partial charge in [0.25, 0.3) is 0 Å². The van der Waals surface area contributed by atoms with Gasteiger partial charge in [0, 0.05) is 5.54 Å². The van der Waals surface area contributed by atoms with Gasteiger partial charge in [0.05, 0.1) is 12.8 Å². The highest BCUT2D eigenvalue weighted by molar-refractivity contribution is 5.88. The molecule has 1 amide bonds. The van der Waals surface area contributed by atoms with E-state index in [-0.39, 0.29) is 23.7 Å². The Morgan fingerprint density at radius 1 is 1.35 bits per heavy atom. The number of rotatable bonds is 6. The maximum absolute atomic E-state index is 12.0. The first-order chi connectivity index (χ1) is 9.34. The summed E-state index contributed by atoms with van der Waals surface area (Å²) in [6.45, 7) is 7.81. The van der Waals surface area contributed by atoms with E-state index in [1.165, 1.54) is 11.8 Å². The smallest absolute Gasteiger partial charge is 0.360 e. The summed E-state index contributed by atoms with van der Waals surface area (Å²) in [6.07, 6.45) is 1.37. The monoisotopic (exact) mass is 282 g/mol. The fraction of sp³-hybridized carbons (Fsp3) is 0.692. The lowest BCUT2D eigenvalue weighted by molar-refractivity contribution is -0.123. The molecule has 1 N–H and O–H groups in total. The number of ether oxygens (including phenoxy) is 1. The molecule has 7 nitrogen and oxygen atoms in total. The maximum atomic E-state index is 12.0. The van der Waals surface area contributed by atoms with Crippen LogP contribution in [0.1, 0.15) is 50.3 Å². The quantitative estimate of drug-likeness (QED) is 0.784. The maximum Gasteiger partial charge on any atom is 0.360 e. The van der Waals surface area contributed by atoms with Crippen LogP contribution in [0.4, 0.5) is 0 Å². The topological polar surface area (TPSA) is 86.1 Å². The second-order valence-corrected chi connectivity index (χ2v) is 5.17. The highest BCUT2D eigenvalue weighted by Gasteiger charge is 2.22. The predicted molar refractivity (Wildman–Crippen MR) is 73.3 cm³/mol. The number of aromatic nitrogens is 3. The molecule has 0 fully saturated rings. The minimum absolute atomic E-state index is 0.0383. The minimum Gasteiger partial charge on any atom is -0.464 e. The van der Waals surface area contributed by atoms with Crippen LogP contribution in [0.2, 0.25) is 0 Å². The average Bonchev–Trinajstić information content (AvgIpc) is 2.79.